The van der Waals surface area contributed by atoms with Crippen LogP contribution >= 0.6 is 12.6 Å². The van der Waals surface area contributed by atoms with E-state index in [0.29, 0.717) is 10.7 Å². The van der Waals surface area contributed by atoms with E-state index in [0.717, 1.165) is 0 Å². The van der Waals surface area contributed by atoms with E-state index in [9.17, 15) is 8.78 Å². The second-order valence-electron chi connectivity index (χ2n) is 2.63. The Bertz CT molecular complexity index is 463. The van der Waals surface area contributed by atoms with Crippen molar-refractivity contribution in [3.8, 4) is 5.75 Å². The van der Waals surface area contributed by atoms with E-state index < -0.39 is 12.1 Å². The predicted molar refractivity (Wildman–Crippen MR) is 48.2 cm³/mol. The maximum Gasteiger partial charge on any atom is 0.387 e. The van der Waals surface area contributed by atoms with E-state index in [1.165, 1.54) is 12.1 Å². The van der Waals surface area contributed by atoms with Gasteiger partial charge in [-0.1, -0.05) is 0 Å². The minimum atomic E-state index is -2.82. The van der Waals surface area contributed by atoms with Gasteiger partial charge in [-0.15, -0.1) is 12.6 Å². The largest absolute Gasteiger partial charge is 0.435 e. The number of halogens is 2. The predicted octanol–water partition coefficient (Wildman–Crippen LogP) is 0.754. The highest BCUT2D eigenvalue weighted by Crippen LogP contribution is 2.10. The van der Waals surface area contributed by atoms with Crippen molar-refractivity contribution in [3.63, 3.8) is 0 Å². The average Bonchev–Trinajstić information content (AvgIpc) is 2.42. The lowest BCUT2D eigenvalue weighted by atomic mass is 10.3. The summed E-state index contributed by atoms with van der Waals surface area (Å²) in [4.78, 5) is 8.02. The zero-order chi connectivity index (χ0) is 10.1. The molecule has 74 valence electrons. The van der Waals surface area contributed by atoms with Crippen LogP contribution in [-0.2, 0) is 0 Å². The number of thiol groups is 1. The highest BCUT2D eigenvalue weighted by Gasteiger charge is 2.08. The third kappa shape index (κ3) is 1.84. The molecule has 0 saturated heterocycles. The van der Waals surface area contributed by atoms with Crippen molar-refractivity contribution in [1.29, 1.82) is 0 Å². The number of benzene rings is 1. The first-order valence-electron chi connectivity index (χ1n) is 3.84. The highest BCUT2D eigenvalue weighted by molar-refractivity contribution is 7.80. The summed E-state index contributed by atoms with van der Waals surface area (Å²) in [7, 11) is 0. The van der Waals surface area contributed by atoms with E-state index in [2.05, 4.69) is 27.4 Å². The van der Waals surface area contributed by atoms with Crippen molar-refractivity contribution in [2.45, 2.75) is 12.1 Å². The van der Waals surface area contributed by atoms with Crippen LogP contribution < -0.4 is 15.5 Å². The minimum absolute atomic E-state index is 0.0835. The molecule has 14 heavy (non-hydrogen) atoms. The van der Waals surface area contributed by atoms with Gasteiger partial charge in [-0.3, -0.25) is 0 Å². The molecule has 0 aromatic heterocycles. The maximum atomic E-state index is 11.9. The summed E-state index contributed by atoms with van der Waals surface area (Å²) in [5, 5.41) is 1.18. The molecular weight excluding hydrogens is 210 g/mol. The van der Waals surface area contributed by atoms with E-state index in [4.69, 9.17) is 0 Å². The molecule has 1 aliphatic heterocycles. The first-order chi connectivity index (χ1) is 6.65. The van der Waals surface area contributed by atoms with Crippen molar-refractivity contribution in [3.05, 3.63) is 28.9 Å². The molecule has 0 fully saturated rings. The number of alkyl halides is 2. The maximum absolute atomic E-state index is 11.9. The van der Waals surface area contributed by atoms with E-state index >= 15 is 0 Å². The number of rotatable bonds is 2. The Labute approximate surface area is 83.5 Å². The van der Waals surface area contributed by atoms with Crippen molar-refractivity contribution < 1.29 is 13.5 Å². The van der Waals surface area contributed by atoms with Gasteiger partial charge in [0.25, 0.3) is 0 Å². The molecular formula is C8H6F2N2OS. The molecule has 0 N–H and O–H groups in total. The normalized spacial score (nSPS) is 18.7. The molecule has 1 aromatic rings. The summed E-state index contributed by atoms with van der Waals surface area (Å²) in [5.41, 5.74) is -0.438. The molecule has 1 unspecified atom stereocenters. The second kappa shape index (κ2) is 3.53. The zero-order valence-corrected chi connectivity index (χ0v) is 7.79. The fraction of sp³-hybridized carbons (Fsp3) is 0.250. The van der Waals surface area contributed by atoms with Gasteiger partial charge < -0.3 is 4.74 Å². The van der Waals surface area contributed by atoms with Crippen LogP contribution in [0.25, 0.3) is 0 Å². The molecule has 2 rings (SSSR count). The van der Waals surface area contributed by atoms with Crippen LogP contribution in [-0.4, -0.2) is 12.1 Å². The zero-order valence-electron chi connectivity index (χ0n) is 6.89. The summed E-state index contributed by atoms with van der Waals surface area (Å²) < 4.78 is 27.9. The van der Waals surface area contributed by atoms with Gasteiger partial charge in [0.15, 0.2) is 5.50 Å². The van der Waals surface area contributed by atoms with Crippen molar-refractivity contribution in [1.82, 2.24) is 0 Å². The highest BCUT2D eigenvalue weighted by atomic mass is 32.1. The molecule has 0 aliphatic carbocycles. The molecule has 1 aliphatic rings. The van der Waals surface area contributed by atoms with Crippen molar-refractivity contribution >= 4 is 12.6 Å². The Hall–Kier alpha value is -1.17. The molecule has 1 atom stereocenters. The lowest BCUT2D eigenvalue weighted by Gasteiger charge is -2.01. The number of hydrogen-bond acceptors (Lipinski definition) is 4. The van der Waals surface area contributed by atoms with Gasteiger partial charge in [0.1, 0.15) is 5.75 Å². The molecule has 0 radical (unpaired) electrons. The topological polar surface area (TPSA) is 34.0 Å². The molecule has 0 saturated carbocycles. The first-order valence-corrected chi connectivity index (χ1v) is 4.35. The summed E-state index contributed by atoms with van der Waals surface area (Å²) in [6.45, 7) is -2.82. The lowest BCUT2D eigenvalue weighted by Crippen LogP contribution is -2.21. The van der Waals surface area contributed by atoms with Crippen LogP contribution in [0, 0.1) is 0 Å². The number of fused-ring (bicyclic) bond motifs is 1. The van der Waals surface area contributed by atoms with Gasteiger partial charge in [0.2, 0.25) is 0 Å². The van der Waals surface area contributed by atoms with Gasteiger partial charge in [0, 0.05) is 6.07 Å². The SMILES string of the molecule is FC(F)Oc1ccc2c(c1)=NC(S)N=2. The summed E-state index contributed by atoms with van der Waals surface area (Å²) in [5.74, 6) is 0.0835. The van der Waals surface area contributed by atoms with Crippen LogP contribution in [0.15, 0.2) is 28.2 Å². The monoisotopic (exact) mass is 216 g/mol. The van der Waals surface area contributed by atoms with Crippen LogP contribution in [0.3, 0.4) is 0 Å². The Morgan fingerprint density at radius 3 is 2.71 bits per heavy atom. The van der Waals surface area contributed by atoms with Gasteiger partial charge in [-0.2, -0.15) is 8.78 Å². The Balaban J connectivity index is 2.39. The van der Waals surface area contributed by atoms with Crippen molar-refractivity contribution in [2.75, 3.05) is 0 Å². The Morgan fingerprint density at radius 1 is 1.29 bits per heavy atom. The van der Waals surface area contributed by atoms with Gasteiger partial charge in [0.05, 0.1) is 10.7 Å². The average molecular weight is 216 g/mol. The van der Waals surface area contributed by atoms with Gasteiger partial charge in [-0.25, -0.2) is 9.98 Å². The first kappa shape index (κ1) is 9.39. The van der Waals surface area contributed by atoms with Crippen LogP contribution in [0.5, 0.6) is 5.75 Å². The van der Waals surface area contributed by atoms with Crippen molar-refractivity contribution in [2.24, 2.45) is 9.98 Å². The number of hydrogen-bond donors (Lipinski definition) is 1. The lowest BCUT2D eigenvalue weighted by molar-refractivity contribution is -0.0499. The third-order valence-corrected chi connectivity index (χ3v) is 1.91. The standard InChI is InChI=1S/C8H6F2N2OS/c9-7(10)13-4-1-2-5-6(3-4)12-8(14)11-5/h1-3,7-8,14H. The van der Waals surface area contributed by atoms with Crippen LogP contribution in [0.4, 0.5) is 8.78 Å². The fourth-order valence-corrected chi connectivity index (χ4v) is 1.42. The fourth-order valence-electron chi connectivity index (χ4n) is 1.17. The summed E-state index contributed by atoms with van der Waals surface area (Å²) in [6.07, 6.45) is 0. The summed E-state index contributed by atoms with van der Waals surface area (Å²) in [6, 6.07) is 4.42. The van der Waals surface area contributed by atoms with Crippen LogP contribution in [0.1, 0.15) is 0 Å². The molecule has 0 bridgehead atoms. The van der Waals surface area contributed by atoms with E-state index in [-0.39, 0.29) is 5.75 Å². The van der Waals surface area contributed by atoms with Gasteiger partial charge >= 0.3 is 6.61 Å². The van der Waals surface area contributed by atoms with Crippen LogP contribution in [0.2, 0.25) is 0 Å². The molecule has 0 spiro atoms. The quantitative estimate of drug-likeness (QED) is 0.727. The van der Waals surface area contributed by atoms with E-state index in [1.807, 2.05) is 0 Å². The smallest absolute Gasteiger partial charge is 0.387 e. The second-order valence-corrected chi connectivity index (χ2v) is 3.10. The molecule has 3 nitrogen and oxygen atoms in total. The molecule has 0 amide bonds. The van der Waals surface area contributed by atoms with E-state index in [1.54, 1.807) is 6.07 Å². The molecule has 1 heterocycles. The minimum Gasteiger partial charge on any atom is -0.435 e. The molecule has 1 aromatic carbocycles. The Kier molecular flexibility index (Phi) is 2.37. The molecule has 6 heteroatoms. The number of ether oxygens (including phenoxy) is 1. The third-order valence-electron chi connectivity index (χ3n) is 1.68. The number of nitrogens with zero attached hydrogens (tertiary/aromatic N) is 2. The summed E-state index contributed by atoms with van der Waals surface area (Å²) >= 11 is 4.02. The Morgan fingerprint density at radius 2 is 2.00 bits per heavy atom. The van der Waals surface area contributed by atoms with Gasteiger partial charge in [-0.05, 0) is 12.1 Å².